The van der Waals surface area contributed by atoms with E-state index >= 15 is 0 Å². The van der Waals surface area contributed by atoms with Gasteiger partial charge in [0.25, 0.3) is 5.91 Å². The lowest BCUT2D eigenvalue weighted by molar-refractivity contribution is 0.0910. The monoisotopic (exact) mass is 312 g/mol. The van der Waals surface area contributed by atoms with Crippen LogP contribution in [0.2, 0.25) is 0 Å². The molecule has 3 N–H and O–H groups in total. The van der Waals surface area contributed by atoms with Crippen LogP contribution in [0.4, 0.5) is 0 Å². The van der Waals surface area contributed by atoms with E-state index in [0.717, 1.165) is 5.56 Å². The van der Waals surface area contributed by atoms with Crippen LogP contribution in [-0.4, -0.2) is 20.4 Å². The zero-order valence-electron chi connectivity index (χ0n) is 13.4. The molecule has 1 unspecified atom stereocenters. The van der Waals surface area contributed by atoms with Gasteiger partial charge in [-0.15, -0.1) is 0 Å². The maximum absolute atomic E-state index is 12.3. The van der Waals surface area contributed by atoms with E-state index < -0.39 is 10.0 Å². The van der Waals surface area contributed by atoms with Crippen molar-refractivity contribution in [3.63, 3.8) is 0 Å². The smallest absolute Gasteiger partial charge is 0.251 e. The summed E-state index contributed by atoms with van der Waals surface area (Å²) in [7, 11) is -3.85. The minimum absolute atomic E-state index is 0.00365. The molecule has 0 saturated heterocycles. The number of hydrogen-bond donors (Lipinski definition) is 2. The summed E-state index contributed by atoms with van der Waals surface area (Å²) in [5.41, 5.74) is 1.50. The Kier molecular flexibility index (Phi) is 4.85. The van der Waals surface area contributed by atoms with Gasteiger partial charge in [-0.1, -0.05) is 20.8 Å². The summed E-state index contributed by atoms with van der Waals surface area (Å²) in [6.07, 6.45) is 0. The standard InChI is InChI=1S/C15H24N2O3S/c1-9-7-12(8-13(10(9)2)21(16,19)20)14(18)17-11(3)15(4,5)6/h7-8,11H,1-6H3,(H,17,18)(H2,16,19,20). The van der Waals surface area contributed by atoms with Crippen LogP contribution in [0.3, 0.4) is 0 Å². The Bertz CT molecular complexity index is 658. The van der Waals surface area contributed by atoms with Crippen LogP contribution in [0, 0.1) is 19.3 Å². The van der Waals surface area contributed by atoms with Gasteiger partial charge in [0.05, 0.1) is 4.90 Å². The fourth-order valence-electron chi connectivity index (χ4n) is 1.75. The first-order valence-electron chi connectivity index (χ1n) is 6.79. The highest BCUT2D eigenvalue weighted by atomic mass is 32.2. The summed E-state index contributed by atoms with van der Waals surface area (Å²) in [6, 6.07) is 2.96. The van der Waals surface area contributed by atoms with E-state index in [1.54, 1.807) is 19.9 Å². The minimum atomic E-state index is -3.85. The third-order valence-corrected chi connectivity index (χ3v) is 4.87. The third kappa shape index (κ3) is 4.28. The molecule has 1 rings (SSSR count). The van der Waals surface area contributed by atoms with Crippen molar-refractivity contribution in [3.8, 4) is 0 Å². The molecule has 0 radical (unpaired) electrons. The second-order valence-electron chi connectivity index (χ2n) is 6.52. The van der Waals surface area contributed by atoms with Crippen LogP contribution in [0.1, 0.15) is 49.2 Å². The molecule has 0 aliphatic carbocycles. The summed E-state index contributed by atoms with van der Waals surface area (Å²) >= 11 is 0. The van der Waals surface area contributed by atoms with E-state index in [1.165, 1.54) is 6.07 Å². The van der Waals surface area contributed by atoms with Gasteiger partial charge < -0.3 is 5.32 Å². The van der Waals surface area contributed by atoms with Gasteiger partial charge in [0.1, 0.15) is 0 Å². The average molecular weight is 312 g/mol. The van der Waals surface area contributed by atoms with E-state index in [9.17, 15) is 13.2 Å². The van der Waals surface area contributed by atoms with Crippen molar-refractivity contribution in [3.05, 3.63) is 28.8 Å². The van der Waals surface area contributed by atoms with Crippen molar-refractivity contribution < 1.29 is 13.2 Å². The molecular formula is C15H24N2O3S. The summed E-state index contributed by atoms with van der Waals surface area (Å²) < 4.78 is 23.2. The topological polar surface area (TPSA) is 89.3 Å². The molecule has 1 aromatic rings. The lowest BCUT2D eigenvalue weighted by atomic mass is 9.88. The Balaban J connectivity index is 3.21. The highest BCUT2D eigenvalue weighted by Crippen LogP contribution is 2.22. The fraction of sp³-hybridized carbons (Fsp3) is 0.533. The van der Waals surface area contributed by atoms with E-state index in [2.05, 4.69) is 5.32 Å². The first-order valence-corrected chi connectivity index (χ1v) is 8.33. The third-order valence-electron chi connectivity index (χ3n) is 3.84. The van der Waals surface area contributed by atoms with Crippen LogP contribution in [0.5, 0.6) is 0 Å². The number of hydrogen-bond acceptors (Lipinski definition) is 3. The molecule has 1 atom stereocenters. The van der Waals surface area contributed by atoms with Crippen LogP contribution in [0.25, 0.3) is 0 Å². The molecule has 1 aromatic carbocycles. The molecule has 21 heavy (non-hydrogen) atoms. The number of rotatable bonds is 3. The van der Waals surface area contributed by atoms with Crippen molar-refractivity contribution in [2.45, 2.75) is 52.5 Å². The summed E-state index contributed by atoms with van der Waals surface area (Å²) in [5.74, 6) is -0.301. The van der Waals surface area contributed by atoms with E-state index in [0.29, 0.717) is 11.1 Å². The molecule has 0 bridgehead atoms. The van der Waals surface area contributed by atoms with E-state index in [1.807, 2.05) is 27.7 Å². The van der Waals surface area contributed by atoms with Gasteiger partial charge in [-0.05, 0) is 49.4 Å². The van der Waals surface area contributed by atoms with Crippen LogP contribution in [0.15, 0.2) is 17.0 Å². The van der Waals surface area contributed by atoms with Gasteiger partial charge in [-0.25, -0.2) is 13.6 Å². The molecule has 0 aliphatic rings. The highest BCUT2D eigenvalue weighted by molar-refractivity contribution is 7.89. The summed E-state index contributed by atoms with van der Waals surface area (Å²) in [6.45, 7) is 11.4. The molecule has 0 saturated carbocycles. The molecule has 0 heterocycles. The first-order chi connectivity index (χ1) is 9.34. The Morgan fingerprint density at radius 2 is 1.76 bits per heavy atom. The number of nitrogens with one attached hydrogen (secondary N) is 1. The summed E-state index contributed by atoms with van der Waals surface area (Å²) in [5, 5.41) is 8.09. The predicted octanol–water partition coefficient (Wildman–Crippen LogP) is 2.12. The number of nitrogens with two attached hydrogens (primary N) is 1. The maximum Gasteiger partial charge on any atom is 0.251 e. The zero-order chi connectivity index (χ0) is 16.6. The molecule has 118 valence electrons. The second kappa shape index (κ2) is 5.77. The van der Waals surface area contributed by atoms with Gasteiger partial charge in [-0.2, -0.15) is 0 Å². The molecule has 0 aromatic heterocycles. The SMILES string of the molecule is Cc1cc(C(=O)NC(C)C(C)(C)C)cc(S(N)(=O)=O)c1C. The van der Waals surface area contributed by atoms with Crippen molar-refractivity contribution >= 4 is 15.9 Å². The first kappa shape index (κ1) is 17.7. The summed E-state index contributed by atoms with van der Waals surface area (Å²) in [4.78, 5) is 12.3. The molecule has 0 spiro atoms. The van der Waals surface area contributed by atoms with Crippen molar-refractivity contribution in [1.82, 2.24) is 5.32 Å². The van der Waals surface area contributed by atoms with Crippen molar-refractivity contribution in [2.24, 2.45) is 10.6 Å². The minimum Gasteiger partial charge on any atom is -0.349 e. The predicted molar refractivity (Wildman–Crippen MR) is 83.7 cm³/mol. The van der Waals surface area contributed by atoms with Crippen LogP contribution in [-0.2, 0) is 10.0 Å². The largest absolute Gasteiger partial charge is 0.349 e. The lowest BCUT2D eigenvalue weighted by Crippen LogP contribution is -2.41. The molecule has 0 fully saturated rings. The van der Waals surface area contributed by atoms with Gasteiger partial charge in [-0.3, -0.25) is 4.79 Å². The number of carbonyl (C=O) groups excluding carboxylic acids is 1. The van der Waals surface area contributed by atoms with E-state index in [-0.39, 0.29) is 22.3 Å². The molecule has 1 amide bonds. The van der Waals surface area contributed by atoms with Crippen molar-refractivity contribution in [1.29, 1.82) is 0 Å². The number of primary sulfonamides is 1. The normalized spacial score (nSPS) is 13.9. The van der Waals surface area contributed by atoms with Gasteiger partial charge >= 0.3 is 0 Å². The van der Waals surface area contributed by atoms with Gasteiger partial charge in [0.2, 0.25) is 10.0 Å². The van der Waals surface area contributed by atoms with Crippen LogP contribution < -0.4 is 10.5 Å². The molecule has 0 aliphatic heterocycles. The second-order valence-corrected chi connectivity index (χ2v) is 8.05. The quantitative estimate of drug-likeness (QED) is 0.896. The lowest BCUT2D eigenvalue weighted by Gasteiger charge is -2.28. The van der Waals surface area contributed by atoms with Crippen LogP contribution >= 0.6 is 0 Å². The Morgan fingerprint density at radius 1 is 1.24 bits per heavy atom. The Hall–Kier alpha value is -1.40. The van der Waals surface area contributed by atoms with E-state index in [4.69, 9.17) is 5.14 Å². The Labute approximate surface area is 127 Å². The fourth-order valence-corrected chi connectivity index (χ4v) is 2.63. The number of carbonyl (C=O) groups is 1. The van der Waals surface area contributed by atoms with Gasteiger partial charge in [0, 0.05) is 11.6 Å². The number of amides is 1. The molecular weight excluding hydrogens is 288 g/mol. The highest BCUT2D eigenvalue weighted by Gasteiger charge is 2.23. The molecule has 6 heteroatoms. The Morgan fingerprint density at radius 3 is 2.19 bits per heavy atom. The number of aryl methyl sites for hydroxylation is 1. The number of benzene rings is 1. The molecule has 5 nitrogen and oxygen atoms in total. The number of sulfonamides is 1. The van der Waals surface area contributed by atoms with Crippen molar-refractivity contribution in [2.75, 3.05) is 0 Å². The maximum atomic E-state index is 12.3. The average Bonchev–Trinajstić information content (AvgIpc) is 2.29. The zero-order valence-corrected chi connectivity index (χ0v) is 14.3. The van der Waals surface area contributed by atoms with Gasteiger partial charge in [0.15, 0.2) is 0 Å².